The molecule has 9 heteroatoms. The lowest BCUT2D eigenvalue weighted by Crippen LogP contribution is -2.47. The van der Waals surface area contributed by atoms with E-state index in [4.69, 9.17) is 4.74 Å². The standard InChI is InChI=1S/C17H22F3N3O3/c1-2-6-26-14-9-21-8-13(14)23-15(24)10-22-16(25)11-4-3-5-12(7-11)17(18,19)20/h3-5,7,13-14,21H,2,6,8-10H2,1H3,(H,22,25)(H,23,24)/t13-,14-/m0/s1. The third-order valence-electron chi connectivity index (χ3n) is 3.90. The minimum absolute atomic E-state index is 0.141. The molecular formula is C17H22F3N3O3. The molecule has 0 aliphatic carbocycles. The number of rotatable bonds is 7. The number of ether oxygens (including phenoxy) is 1. The Bertz CT molecular complexity index is 637. The first kappa shape index (κ1) is 20.2. The van der Waals surface area contributed by atoms with Crippen molar-refractivity contribution in [3.05, 3.63) is 35.4 Å². The summed E-state index contributed by atoms with van der Waals surface area (Å²) in [7, 11) is 0. The zero-order valence-electron chi connectivity index (χ0n) is 14.4. The average molecular weight is 373 g/mol. The Labute approximate surface area is 149 Å². The van der Waals surface area contributed by atoms with Crippen molar-refractivity contribution in [2.75, 3.05) is 26.2 Å². The fraction of sp³-hybridized carbons (Fsp3) is 0.529. The maximum absolute atomic E-state index is 12.7. The Morgan fingerprint density at radius 1 is 1.31 bits per heavy atom. The zero-order valence-corrected chi connectivity index (χ0v) is 14.4. The minimum Gasteiger partial charge on any atom is -0.375 e. The van der Waals surface area contributed by atoms with E-state index in [-0.39, 0.29) is 24.3 Å². The molecule has 2 rings (SSSR count). The first-order chi connectivity index (χ1) is 12.3. The van der Waals surface area contributed by atoms with Crippen molar-refractivity contribution in [1.29, 1.82) is 0 Å². The molecule has 0 saturated carbocycles. The smallest absolute Gasteiger partial charge is 0.375 e. The van der Waals surface area contributed by atoms with Gasteiger partial charge in [0.05, 0.1) is 24.3 Å². The topological polar surface area (TPSA) is 79.5 Å². The molecule has 0 spiro atoms. The van der Waals surface area contributed by atoms with Crippen LogP contribution in [-0.2, 0) is 15.7 Å². The highest BCUT2D eigenvalue weighted by Crippen LogP contribution is 2.29. The highest BCUT2D eigenvalue weighted by atomic mass is 19.4. The molecule has 3 N–H and O–H groups in total. The molecule has 2 atom stereocenters. The van der Waals surface area contributed by atoms with E-state index in [1.54, 1.807) is 0 Å². The molecule has 1 aliphatic heterocycles. The highest BCUT2D eigenvalue weighted by molar-refractivity contribution is 5.96. The Kier molecular flexibility index (Phi) is 6.98. The highest BCUT2D eigenvalue weighted by Gasteiger charge is 2.31. The lowest BCUT2D eigenvalue weighted by Gasteiger charge is -2.20. The van der Waals surface area contributed by atoms with Gasteiger partial charge in [-0.2, -0.15) is 13.2 Å². The van der Waals surface area contributed by atoms with E-state index >= 15 is 0 Å². The van der Waals surface area contributed by atoms with Crippen molar-refractivity contribution in [3.8, 4) is 0 Å². The summed E-state index contributed by atoms with van der Waals surface area (Å²) in [5, 5.41) is 8.20. The molecule has 0 unspecified atom stereocenters. The van der Waals surface area contributed by atoms with Crippen LogP contribution in [0.3, 0.4) is 0 Å². The summed E-state index contributed by atoms with van der Waals surface area (Å²) in [5.41, 5.74) is -1.07. The molecule has 1 saturated heterocycles. The number of carbonyl (C=O) groups excluding carboxylic acids is 2. The van der Waals surface area contributed by atoms with Gasteiger partial charge < -0.3 is 20.7 Å². The van der Waals surface area contributed by atoms with Crippen LogP contribution in [0.15, 0.2) is 24.3 Å². The summed E-state index contributed by atoms with van der Waals surface area (Å²) in [6.07, 6.45) is -3.81. The fourth-order valence-corrected chi connectivity index (χ4v) is 2.60. The van der Waals surface area contributed by atoms with E-state index in [0.29, 0.717) is 19.7 Å². The van der Waals surface area contributed by atoms with E-state index in [0.717, 1.165) is 24.6 Å². The molecule has 1 aromatic rings. The zero-order chi connectivity index (χ0) is 19.2. The Morgan fingerprint density at radius 3 is 2.77 bits per heavy atom. The Morgan fingerprint density at radius 2 is 2.08 bits per heavy atom. The number of halogens is 3. The Balaban J connectivity index is 1.84. The molecule has 26 heavy (non-hydrogen) atoms. The molecule has 1 aliphatic rings. The average Bonchev–Trinajstić information content (AvgIpc) is 3.04. The number of carbonyl (C=O) groups is 2. The first-order valence-corrected chi connectivity index (χ1v) is 8.38. The van der Waals surface area contributed by atoms with Gasteiger partial charge in [-0.15, -0.1) is 0 Å². The number of nitrogens with one attached hydrogen (secondary N) is 3. The van der Waals surface area contributed by atoms with E-state index in [1.807, 2.05) is 6.92 Å². The van der Waals surface area contributed by atoms with Crippen LogP contribution in [0, 0.1) is 0 Å². The van der Waals surface area contributed by atoms with Gasteiger partial charge in [-0.25, -0.2) is 0 Å². The molecular weight excluding hydrogens is 351 g/mol. The van der Waals surface area contributed by atoms with Gasteiger partial charge in [0.25, 0.3) is 5.91 Å². The fourth-order valence-electron chi connectivity index (χ4n) is 2.60. The number of amides is 2. The number of alkyl halides is 3. The van der Waals surface area contributed by atoms with Gasteiger partial charge in [0.15, 0.2) is 0 Å². The van der Waals surface area contributed by atoms with Crippen molar-refractivity contribution < 1.29 is 27.5 Å². The lowest BCUT2D eigenvalue weighted by atomic mass is 10.1. The predicted octanol–water partition coefficient (Wildman–Crippen LogP) is 1.32. The maximum atomic E-state index is 12.7. The van der Waals surface area contributed by atoms with Gasteiger partial charge in [-0.1, -0.05) is 13.0 Å². The summed E-state index contributed by atoms with van der Waals surface area (Å²) >= 11 is 0. The van der Waals surface area contributed by atoms with Crippen LogP contribution < -0.4 is 16.0 Å². The van der Waals surface area contributed by atoms with Crippen molar-refractivity contribution in [3.63, 3.8) is 0 Å². The molecule has 1 aromatic carbocycles. The molecule has 144 valence electrons. The third-order valence-corrected chi connectivity index (χ3v) is 3.90. The maximum Gasteiger partial charge on any atom is 0.416 e. The molecule has 0 bridgehead atoms. The molecule has 6 nitrogen and oxygen atoms in total. The van der Waals surface area contributed by atoms with Crippen LogP contribution >= 0.6 is 0 Å². The monoisotopic (exact) mass is 373 g/mol. The van der Waals surface area contributed by atoms with Crippen LogP contribution in [0.1, 0.15) is 29.3 Å². The normalized spacial score (nSPS) is 20.0. The number of benzene rings is 1. The van der Waals surface area contributed by atoms with Crippen molar-refractivity contribution in [2.24, 2.45) is 0 Å². The van der Waals surface area contributed by atoms with Crippen LogP contribution in [0.5, 0.6) is 0 Å². The Hall–Kier alpha value is -2.13. The second kappa shape index (κ2) is 9.00. The summed E-state index contributed by atoms with van der Waals surface area (Å²) in [6, 6.07) is 3.84. The molecule has 1 heterocycles. The largest absolute Gasteiger partial charge is 0.416 e. The van der Waals surface area contributed by atoms with Gasteiger partial charge in [0.1, 0.15) is 0 Å². The van der Waals surface area contributed by atoms with Crippen molar-refractivity contribution >= 4 is 11.8 Å². The lowest BCUT2D eigenvalue weighted by molar-refractivity contribution is -0.137. The minimum atomic E-state index is -4.53. The van der Waals surface area contributed by atoms with E-state index < -0.39 is 23.6 Å². The summed E-state index contributed by atoms with van der Waals surface area (Å²) in [4.78, 5) is 24.0. The molecule has 0 radical (unpaired) electrons. The summed E-state index contributed by atoms with van der Waals surface area (Å²) < 4.78 is 43.7. The second-order valence-electron chi connectivity index (χ2n) is 6.00. The number of hydrogen-bond donors (Lipinski definition) is 3. The van der Waals surface area contributed by atoms with Crippen molar-refractivity contribution in [2.45, 2.75) is 31.7 Å². The summed E-state index contributed by atoms with van der Waals surface area (Å²) in [5.74, 6) is -1.17. The van der Waals surface area contributed by atoms with Crippen LogP contribution in [0.2, 0.25) is 0 Å². The first-order valence-electron chi connectivity index (χ1n) is 8.38. The van der Waals surface area contributed by atoms with Gasteiger partial charge in [-0.3, -0.25) is 9.59 Å². The van der Waals surface area contributed by atoms with Crippen LogP contribution in [0.4, 0.5) is 13.2 Å². The molecule has 2 amide bonds. The van der Waals surface area contributed by atoms with E-state index in [9.17, 15) is 22.8 Å². The van der Waals surface area contributed by atoms with Gasteiger partial charge >= 0.3 is 6.18 Å². The predicted molar refractivity (Wildman–Crippen MR) is 88.6 cm³/mol. The van der Waals surface area contributed by atoms with Gasteiger partial charge in [0.2, 0.25) is 5.91 Å². The summed E-state index contributed by atoms with van der Waals surface area (Å²) in [6.45, 7) is 3.43. The van der Waals surface area contributed by atoms with Crippen LogP contribution in [0.25, 0.3) is 0 Å². The third kappa shape index (κ3) is 5.70. The van der Waals surface area contributed by atoms with Crippen molar-refractivity contribution in [1.82, 2.24) is 16.0 Å². The van der Waals surface area contributed by atoms with Gasteiger partial charge in [-0.05, 0) is 24.6 Å². The number of hydrogen-bond acceptors (Lipinski definition) is 4. The van der Waals surface area contributed by atoms with E-state index in [2.05, 4.69) is 16.0 Å². The molecule has 1 fully saturated rings. The molecule has 0 aromatic heterocycles. The van der Waals surface area contributed by atoms with Crippen LogP contribution in [-0.4, -0.2) is 50.2 Å². The SMILES string of the molecule is CCCO[C@H]1CNC[C@@H]1NC(=O)CNC(=O)c1cccc(C(F)(F)F)c1. The quantitative estimate of drug-likeness (QED) is 0.674. The van der Waals surface area contributed by atoms with Gasteiger partial charge in [0, 0.05) is 25.3 Å². The van der Waals surface area contributed by atoms with E-state index in [1.165, 1.54) is 6.07 Å². The second-order valence-corrected chi connectivity index (χ2v) is 6.00.